The summed E-state index contributed by atoms with van der Waals surface area (Å²) < 4.78 is 11.1. The Morgan fingerprint density at radius 1 is 1.03 bits per heavy atom. The molecular formula is C28H36N2O4. The molecule has 2 aromatic carbocycles. The molecule has 3 aromatic rings. The highest BCUT2D eigenvalue weighted by Crippen LogP contribution is 2.42. The number of ether oxygens (including phenoxy) is 1. The number of aromatic hydroxyl groups is 1. The second-order valence-corrected chi connectivity index (χ2v) is 10.9. The third kappa shape index (κ3) is 5.86. The molecule has 0 aliphatic carbocycles. The van der Waals surface area contributed by atoms with Crippen molar-refractivity contribution >= 4 is 5.97 Å². The van der Waals surface area contributed by atoms with Gasteiger partial charge in [0.25, 0.3) is 0 Å². The van der Waals surface area contributed by atoms with Gasteiger partial charge in [-0.1, -0.05) is 77.0 Å². The van der Waals surface area contributed by atoms with Gasteiger partial charge in [0, 0.05) is 22.8 Å². The fourth-order valence-corrected chi connectivity index (χ4v) is 3.81. The van der Waals surface area contributed by atoms with E-state index in [4.69, 9.17) is 15.0 Å². The van der Waals surface area contributed by atoms with Crippen LogP contribution in [0.25, 0.3) is 11.3 Å². The third-order valence-electron chi connectivity index (χ3n) is 5.84. The number of hydrogen-bond acceptors (Lipinski definition) is 6. The van der Waals surface area contributed by atoms with E-state index in [0.29, 0.717) is 23.6 Å². The fourth-order valence-electron chi connectivity index (χ4n) is 3.81. The average Bonchev–Trinajstić information content (AvgIpc) is 3.23. The van der Waals surface area contributed by atoms with E-state index in [9.17, 15) is 9.90 Å². The normalized spacial score (nSPS) is 14.0. The largest absolute Gasteiger partial charge is 0.507 e. The molecule has 0 amide bonds. The molecule has 0 aliphatic heterocycles. The van der Waals surface area contributed by atoms with Gasteiger partial charge >= 0.3 is 5.97 Å². The molecule has 0 saturated heterocycles. The van der Waals surface area contributed by atoms with Gasteiger partial charge in [-0.15, -0.1) is 0 Å². The summed E-state index contributed by atoms with van der Waals surface area (Å²) in [6.07, 6.45) is -0.246. The maximum Gasteiger partial charge on any atom is 0.323 e. The number of phenolic OH excluding ortho intramolecular Hbond substituents is 1. The van der Waals surface area contributed by atoms with E-state index < -0.39 is 18.1 Å². The average molecular weight is 465 g/mol. The number of hydrogen-bond donors (Lipinski definition) is 2. The van der Waals surface area contributed by atoms with Gasteiger partial charge in [0.1, 0.15) is 17.5 Å². The molecule has 0 fully saturated rings. The molecule has 0 aliphatic rings. The van der Waals surface area contributed by atoms with Crippen LogP contribution in [0, 0.1) is 0 Å². The van der Waals surface area contributed by atoms with E-state index in [0.717, 1.165) is 22.3 Å². The number of phenols is 1. The molecule has 0 bridgehead atoms. The van der Waals surface area contributed by atoms with Gasteiger partial charge in [-0.05, 0) is 41.9 Å². The van der Waals surface area contributed by atoms with Crippen LogP contribution >= 0.6 is 0 Å². The van der Waals surface area contributed by atoms with Crippen molar-refractivity contribution in [1.29, 1.82) is 0 Å². The van der Waals surface area contributed by atoms with Gasteiger partial charge in [-0.2, -0.15) is 0 Å². The first-order chi connectivity index (χ1) is 15.8. The van der Waals surface area contributed by atoms with E-state index >= 15 is 0 Å². The number of esters is 1. The highest BCUT2D eigenvalue weighted by Gasteiger charge is 2.28. The van der Waals surface area contributed by atoms with E-state index in [1.165, 1.54) is 0 Å². The Morgan fingerprint density at radius 2 is 1.59 bits per heavy atom. The number of carbonyl (C=O) groups is 1. The molecule has 3 rings (SSSR count). The Balaban J connectivity index is 1.82. The van der Waals surface area contributed by atoms with Crippen molar-refractivity contribution in [3.05, 3.63) is 71.0 Å². The number of nitrogens with two attached hydrogens (primary N) is 1. The molecular weight excluding hydrogens is 428 g/mol. The van der Waals surface area contributed by atoms with Gasteiger partial charge in [0.2, 0.25) is 0 Å². The summed E-state index contributed by atoms with van der Waals surface area (Å²) in [6.45, 7) is 14.1. The predicted molar refractivity (Wildman–Crippen MR) is 134 cm³/mol. The van der Waals surface area contributed by atoms with Crippen LogP contribution in [0.4, 0.5) is 0 Å². The zero-order valence-corrected chi connectivity index (χ0v) is 21.2. The Bertz CT molecular complexity index is 1100. The molecule has 1 heterocycles. The van der Waals surface area contributed by atoms with E-state index in [2.05, 4.69) is 46.7 Å². The minimum absolute atomic E-state index is 0.260. The summed E-state index contributed by atoms with van der Waals surface area (Å²) in [6, 6.07) is 14.5. The minimum atomic E-state index is -0.770. The molecule has 6 heteroatoms. The number of nitrogens with zero attached hydrogens (tertiary/aromatic N) is 1. The molecule has 1 unspecified atom stereocenters. The summed E-state index contributed by atoms with van der Waals surface area (Å²) >= 11 is 0. The fraction of sp³-hybridized carbons (Fsp3) is 0.429. The van der Waals surface area contributed by atoms with Crippen LogP contribution in [0.1, 0.15) is 77.0 Å². The van der Waals surface area contributed by atoms with E-state index in [-0.39, 0.29) is 10.8 Å². The highest BCUT2D eigenvalue weighted by atomic mass is 16.6. The molecule has 182 valence electrons. The van der Waals surface area contributed by atoms with Gasteiger partial charge < -0.3 is 20.1 Å². The van der Waals surface area contributed by atoms with Crippen molar-refractivity contribution in [2.24, 2.45) is 5.73 Å². The van der Waals surface area contributed by atoms with Crippen LogP contribution in [0.3, 0.4) is 0 Å². The highest BCUT2D eigenvalue weighted by molar-refractivity contribution is 5.76. The Labute approximate surface area is 202 Å². The minimum Gasteiger partial charge on any atom is -0.507 e. The lowest BCUT2D eigenvalue weighted by molar-refractivity contribution is -0.151. The van der Waals surface area contributed by atoms with E-state index in [1.807, 2.05) is 42.5 Å². The van der Waals surface area contributed by atoms with Gasteiger partial charge in [0.05, 0.1) is 0 Å². The SMILES string of the molecule is CC(OC(=O)[C@@H](N)Cc1ccccc1)c1cc(-c2cc(C(C)(C)C)c(O)c(C(C)(C)C)c2)no1. The molecule has 2 atom stereocenters. The van der Waals surface area contributed by atoms with Gasteiger partial charge in [-0.3, -0.25) is 4.79 Å². The standard InChI is InChI=1S/C28H36N2O4/c1-17(33-26(32)22(29)13-18-11-9-8-10-12-18)24-16-23(30-34-24)19-14-20(27(2,3)4)25(31)21(15-19)28(5,6)7/h8-12,14-17,22,31H,13,29H2,1-7H3/t17?,22-/m0/s1. The molecule has 0 spiro atoms. The maximum absolute atomic E-state index is 12.5. The molecule has 34 heavy (non-hydrogen) atoms. The Morgan fingerprint density at radius 3 is 2.12 bits per heavy atom. The summed E-state index contributed by atoms with van der Waals surface area (Å²) in [5.74, 6) is 0.240. The first kappa shape index (κ1) is 25.5. The van der Waals surface area contributed by atoms with Crippen LogP contribution in [-0.4, -0.2) is 22.3 Å². The van der Waals surface area contributed by atoms with Gasteiger partial charge in [0.15, 0.2) is 11.9 Å². The van der Waals surface area contributed by atoms with Crippen LogP contribution in [-0.2, 0) is 26.8 Å². The summed E-state index contributed by atoms with van der Waals surface area (Å²) in [5, 5.41) is 15.2. The lowest BCUT2D eigenvalue weighted by Gasteiger charge is -2.28. The third-order valence-corrected chi connectivity index (χ3v) is 5.84. The second kappa shape index (κ2) is 9.63. The van der Waals surface area contributed by atoms with Crippen molar-refractivity contribution in [3.63, 3.8) is 0 Å². The number of rotatable bonds is 6. The zero-order valence-electron chi connectivity index (χ0n) is 21.2. The number of benzene rings is 2. The van der Waals surface area contributed by atoms with Crippen LogP contribution < -0.4 is 5.73 Å². The number of aromatic nitrogens is 1. The summed E-state index contributed by atoms with van der Waals surface area (Å²) in [7, 11) is 0. The van der Waals surface area contributed by atoms with Crippen molar-refractivity contribution < 1.29 is 19.2 Å². The molecule has 3 N–H and O–H groups in total. The molecule has 0 saturated carbocycles. The van der Waals surface area contributed by atoms with Crippen LogP contribution in [0.15, 0.2) is 53.1 Å². The monoisotopic (exact) mass is 464 g/mol. The summed E-state index contributed by atoms with van der Waals surface area (Å²) in [4.78, 5) is 12.5. The first-order valence-corrected chi connectivity index (χ1v) is 11.6. The maximum atomic E-state index is 12.5. The lowest BCUT2D eigenvalue weighted by atomic mass is 9.78. The number of carbonyl (C=O) groups excluding carboxylic acids is 1. The quantitative estimate of drug-likeness (QED) is 0.446. The van der Waals surface area contributed by atoms with Gasteiger partial charge in [-0.25, -0.2) is 0 Å². The van der Waals surface area contributed by atoms with Crippen molar-refractivity contribution in [2.75, 3.05) is 0 Å². The van der Waals surface area contributed by atoms with Crippen molar-refractivity contribution in [3.8, 4) is 17.0 Å². The predicted octanol–water partition coefficient (Wildman–Crippen LogP) is 5.82. The zero-order chi connectivity index (χ0) is 25.3. The van der Waals surface area contributed by atoms with Crippen molar-refractivity contribution in [1.82, 2.24) is 5.16 Å². The van der Waals surface area contributed by atoms with Crippen LogP contribution in [0.5, 0.6) is 5.75 Å². The molecule has 6 nitrogen and oxygen atoms in total. The smallest absolute Gasteiger partial charge is 0.323 e. The molecule has 1 aromatic heterocycles. The molecule has 0 radical (unpaired) electrons. The Hall–Kier alpha value is -3.12. The second-order valence-electron chi connectivity index (χ2n) is 10.9. The summed E-state index contributed by atoms with van der Waals surface area (Å²) in [5.41, 5.74) is 9.63. The van der Waals surface area contributed by atoms with Crippen LogP contribution in [0.2, 0.25) is 0 Å². The van der Waals surface area contributed by atoms with E-state index in [1.54, 1.807) is 13.0 Å². The van der Waals surface area contributed by atoms with Crippen molar-refractivity contribution in [2.45, 2.75) is 77.9 Å². The Kier molecular flexibility index (Phi) is 7.22. The topological polar surface area (TPSA) is 98.6 Å². The lowest BCUT2D eigenvalue weighted by Crippen LogP contribution is -2.34. The first-order valence-electron chi connectivity index (χ1n) is 11.6.